The van der Waals surface area contributed by atoms with E-state index in [2.05, 4.69) is 12.1 Å². The zero-order valence-electron chi connectivity index (χ0n) is 13.9. The lowest BCUT2D eigenvalue weighted by atomic mass is 10.0. The van der Waals surface area contributed by atoms with Gasteiger partial charge in [0, 0.05) is 10.6 Å². The van der Waals surface area contributed by atoms with Crippen LogP contribution in [0.4, 0.5) is 0 Å². The van der Waals surface area contributed by atoms with Gasteiger partial charge in [-0.05, 0) is 34.9 Å². The first kappa shape index (κ1) is 16.4. The predicted molar refractivity (Wildman–Crippen MR) is 105 cm³/mol. The van der Waals surface area contributed by atoms with Crippen LogP contribution in [-0.4, -0.2) is 5.97 Å². The van der Waals surface area contributed by atoms with E-state index in [1.165, 1.54) is 0 Å². The maximum absolute atomic E-state index is 12.2. The lowest BCUT2D eigenvalue weighted by Gasteiger charge is -2.05. The molecule has 0 aromatic heterocycles. The molecular weight excluding hydrogens is 344 g/mol. The summed E-state index contributed by atoms with van der Waals surface area (Å²) in [6, 6.07) is 25.5. The monoisotopic (exact) mass is 358 g/mol. The molecule has 2 nitrogen and oxygen atoms in total. The summed E-state index contributed by atoms with van der Waals surface area (Å²) in [5.41, 5.74) is 4.40. The fraction of sp³-hybridized carbons (Fsp3) is 0. The Hall–Kier alpha value is -3.10. The van der Waals surface area contributed by atoms with Crippen LogP contribution in [0, 0.1) is 0 Å². The normalized spacial score (nSPS) is 15.0. The topological polar surface area (TPSA) is 26.3 Å². The van der Waals surface area contributed by atoms with Crippen LogP contribution in [0.1, 0.15) is 11.1 Å². The molecule has 3 aromatic carbocycles. The summed E-state index contributed by atoms with van der Waals surface area (Å²) in [5, 5.41) is 0.599. The molecular formula is C23H15ClO2. The Kier molecular flexibility index (Phi) is 4.42. The van der Waals surface area contributed by atoms with Crippen LogP contribution in [0.25, 0.3) is 23.0 Å². The van der Waals surface area contributed by atoms with E-state index in [0.717, 1.165) is 22.3 Å². The van der Waals surface area contributed by atoms with Crippen molar-refractivity contribution in [3.05, 3.63) is 107 Å². The molecule has 1 aliphatic rings. The molecule has 0 saturated carbocycles. The molecule has 0 atom stereocenters. The third-order valence-electron chi connectivity index (χ3n) is 4.22. The number of halogens is 1. The number of carbonyl (C=O) groups is 1. The molecule has 0 N–H and O–H groups in total. The number of cyclic esters (lactones) is 1. The number of hydrogen-bond donors (Lipinski definition) is 0. The standard InChI is InChI=1S/C23H15ClO2/c24-21-9-5-4-8-19(21)14-20-15-22(26-23(20)25)18-12-10-17(11-13-18)16-6-2-1-3-7-16/h1-15H/b20-14+. The first-order chi connectivity index (χ1) is 12.7. The molecule has 0 fully saturated rings. The number of benzene rings is 3. The van der Waals surface area contributed by atoms with Crippen LogP contribution in [0.5, 0.6) is 0 Å². The van der Waals surface area contributed by atoms with Gasteiger partial charge >= 0.3 is 5.97 Å². The first-order valence-corrected chi connectivity index (χ1v) is 8.64. The molecule has 1 aliphatic heterocycles. The van der Waals surface area contributed by atoms with Gasteiger partial charge < -0.3 is 4.74 Å². The summed E-state index contributed by atoms with van der Waals surface area (Å²) in [5.74, 6) is 0.181. The smallest absolute Gasteiger partial charge is 0.343 e. The first-order valence-electron chi connectivity index (χ1n) is 8.27. The average molecular weight is 359 g/mol. The van der Waals surface area contributed by atoms with Crippen molar-refractivity contribution in [2.75, 3.05) is 0 Å². The van der Waals surface area contributed by atoms with Crippen LogP contribution >= 0.6 is 11.6 Å². The third-order valence-corrected chi connectivity index (χ3v) is 4.56. The second-order valence-corrected chi connectivity index (χ2v) is 6.37. The Morgan fingerprint density at radius 2 is 1.35 bits per heavy atom. The van der Waals surface area contributed by atoms with E-state index < -0.39 is 0 Å². The van der Waals surface area contributed by atoms with Gasteiger partial charge in [0.05, 0.1) is 5.57 Å². The molecule has 4 rings (SSSR count). The SMILES string of the molecule is O=C1OC(c2ccc(-c3ccccc3)cc2)=C/C1=C\c1ccccc1Cl. The van der Waals surface area contributed by atoms with Crippen LogP contribution in [0.3, 0.4) is 0 Å². The van der Waals surface area contributed by atoms with Gasteiger partial charge in [-0.25, -0.2) is 4.79 Å². The quantitative estimate of drug-likeness (QED) is 0.424. The molecule has 0 saturated heterocycles. The maximum Gasteiger partial charge on any atom is 0.343 e. The van der Waals surface area contributed by atoms with Gasteiger partial charge in [-0.15, -0.1) is 0 Å². The zero-order valence-corrected chi connectivity index (χ0v) is 14.6. The highest BCUT2D eigenvalue weighted by molar-refractivity contribution is 6.32. The summed E-state index contributed by atoms with van der Waals surface area (Å²) >= 11 is 6.16. The van der Waals surface area contributed by atoms with Gasteiger partial charge in [0.1, 0.15) is 5.76 Å². The average Bonchev–Trinajstić information content (AvgIpc) is 3.05. The van der Waals surface area contributed by atoms with Gasteiger partial charge in [-0.1, -0.05) is 84.4 Å². The number of hydrogen-bond acceptors (Lipinski definition) is 2. The Bertz CT molecular complexity index is 1020. The molecule has 0 spiro atoms. The summed E-state index contributed by atoms with van der Waals surface area (Å²) in [6.07, 6.45) is 3.50. The molecule has 0 unspecified atom stereocenters. The molecule has 26 heavy (non-hydrogen) atoms. The zero-order chi connectivity index (χ0) is 17.9. The lowest BCUT2D eigenvalue weighted by Crippen LogP contribution is -1.97. The van der Waals surface area contributed by atoms with Crippen LogP contribution in [0.15, 0.2) is 90.5 Å². The van der Waals surface area contributed by atoms with Gasteiger partial charge in [0.2, 0.25) is 0 Å². The van der Waals surface area contributed by atoms with Crippen molar-refractivity contribution in [3.63, 3.8) is 0 Å². The highest BCUT2D eigenvalue weighted by atomic mass is 35.5. The molecule has 1 heterocycles. The summed E-state index contributed by atoms with van der Waals surface area (Å²) in [4.78, 5) is 12.2. The van der Waals surface area contributed by atoms with Crippen LogP contribution < -0.4 is 0 Å². The van der Waals surface area contributed by atoms with Gasteiger partial charge in [0.15, 0.2) is 0 Å². The molecule has 0 radical (unpaired) electrons. The Morgan fingerprint density at radius 3 is 2.08 bits per heavy atom. The van der Waals surface area contributed by atoms with Crippen molar-refractivity contribution in [2.24, 2.45) is 0 Å². The molecule has 3 aromatic rings. The van der Waals surface area contributed by atoms with Crippen molar-refractivity contribution in [1.82, 2.24) is 0 Å². The van der Waals surface area contributed by atoms with E-state index in [0.29, 0.717) is 16.4 Å². The van der Waals surface area contributed by atoms with Crippen molar-refractivity contribution >= 4 is 29.4 Å². The van der Waals surface area contributed by atoms with Gasteiger partial charge in [0.25, 0.3) is 0 Å². The van der Waals surface area contributed by atoms with E-state index >= 15 is 0 Å². The summed E-state index contributed by atoms with van der Waals surface area (Å²) < 4.78 is 5.43. The summed E-state index contributed by atoms with van der Waals surface area (Å²) in [7, 11) is 0. The van der Waals surface area contributed by atoms with E-state index in [1.807, 2.05) is 60.7 Å². The number of esters is 1. The number of carbonyl (C=O) groups excluding carboxylic acids is 1. The Labute approximate surface area is 157 Å². The largest absolute Gasteiger partial charge is 0.422 e. The fourth-order valence-electron chi connectivity index (χ4n) is 2.85. The Balaban J connectivity index is 1.62. The number of ether oxygens (including phenoxy) is 1. The van der Waals surface area contributed by atoms with E-state index in [4.69, 9.17) is 16.3 Å². The lowest BCUT2D eigenvalue weighted by molar-refractivity contribution is -0.130. The minimum absolute atomic E-state index is 0.368. The highest BCUT2D eigenvalue weighted by Crippen LogP contribution is 2.30. The minimum Gasteiger partial charge on any atom is -0.422 e. The van der Waals surface area contributed by atoms with Gasteiger partial charge in [-0.3, -0.25) is 0 Å². The van der Waals surface area contributed by atoms with Crippen molar-refractivity contribution in [3.8, 4) is 11.1 Å². The maximum atomic E-state index is 12.2. The second kappa shape index (κ2) is 7.03. The molecule has 3 heteroatoms. The Morgan fingerprint density at radius 1 is 0.731 bits per heavy atom. The summed E-state index contributed by atoms with van der Waals surface area (Å²) in [6.45, 7) is 0. The molecule has 0 aliphatic carbocycles. The van der Waals surface area contributed by atoms with Crippen molar-refractivity contribution < 1.29 is 9.53 Å². The van der Waals surface area contributed by atoms with E-state index in [-0.39, 0.29) is 5.97 Å². The fourth-order valence-corrected chi connectivity index (χ4v) is 3.04. The van der Waals surface area contributed by atoms with Crippen LogP contribution in [-0.2, 0) is 9.53 Å². The predicted octanol–water partition coefficient (Wildman–Crippen LogP) is 5.99. The van der Waals surface area contributed by atoms with E-state index in [9.17, 15) is 4.79 Å². The third kappa shape index (κ3) is 3.32. The molecule has 0 amide bonds. The number of rotatable bonds is 3. The molecule has 0 bridgehead atoms. The van der Waals surface area contributed by atoms with Crippen LogP contribution in [0.2, 0.25) is 5.02 Å². The highest BCUT2D eigenvalue weighted by Gasteiger charge is 2.22. The second-order valence-electron chi connectivity index (χ2n) is 5.96. The van der Waals surface area contributed by atoms with Crippen molar-refractivity contribution in [1.29, 1.82) is 0 Å². The van der Waals surface area contributed by atoms with Crippen molar-refractivity contribution in [2.45, 2.75) is 0 Å². The van der Waals surface area contributed by atoms with Gasteiger partial charge in [-0.2, -0.15) is 0 Å². The minimum atomic E-state index is -0.368. The molecule has 126 valence electrons. The van der Waals surface area contributed by atoms with E-state index in [1.54, 1.807) is 18.2 Å².